The van der Waals surface area contributed by atoms with Gasteiger partial charge in [0.05, 0.1) is 6.61 Å². The number of hydrogen-bond acceptors (Lipinski definition) is 4. The van der Waals surface area contributed by atoms with Gasteiger partial charge in [0.1, 0.15) is 17.0 Å². The lowest BCUT2D eigenvalue weighted by Gasteiger charge is -2.09. The molecule has 2 aromatic rings. The molecular formula is C16H18N2O3. The molecule has 1 amide bonds. The van der Waals surface area contributed by atoms with Gasteiger partial charge in [-0.25, -0.2) is 0 Å². The van der Waals surface area contributed by atoms with Gasteiger partial charge in [-0.1, -0.05) is 35.5 Å². The Kier molecular flexibility index (Phi) is 4.01. The lowest BCUT2D eigenvalue weighted by Crippen LogP contribution is -2.30. The minimum absolute atomic E-state index is 0.139. The first-order valence-corrected chi connectivity index (χ1v) is 7.13. The average molecular weight is 286 g/mol. The number of nitrogens with zero attached hydrogens (tertiary/aromatic N) is 1. The third-order valence-electron chi connectivity index (χ3n) is 3.71. The van der Waals surface area contributed by atoms with E-state index >= 15 is 0 Å². The number of benzene rings is 1. The number of carbonyl (C=O) groups excluding carboxylic acids is 1. The molecule has 1 aromatic heterocycles. The molecule has 1 atom stereocenters. The minimum Gasteiger partial charge on any atom is -0.381 e. The molecule has 5 nitrogen and oxygen atoms in total. The molecule has 1 aliphatic heterocycles. The van der Waals surface area contributed by atoms with E-state index in [2.05, 4.69) is 10.5 Å². The van der Waals surface area contributed by atoms with Crippen molar-refractivity contribution in [3.05, 3.63) is 41.7 Å². The van der Waals surface area contributed by atoms with Gasteiger partial charge in [-0.2, -0.15) is 0 Å². The second-order valence-corrected chi connectivity index (χ2v) is 5.27. The van der Waals surface area contributed by atoms with Gasteiger partial charge in [0, 0.05) is 24.6 Å². The van der Waals surface area contributed by atoms with Gasteiger partial charge in [-0.05, 0) is 13.3 Å². The summed E-state index contributed by atoms with van der Waals surface area (Å²) in [5, 5.41) is 6.99. The Labute approximate surface area is 123 Å². The van der Waals surface area contributed by atoms with Crippen LogP contribution in [-0.2, 0) is 4.74 Å². The molecule has 0 saturated carbocycles. The van der Waals surface area contributed by atoms with Crippen LogP contribution in [-0.4, -0.2) is 30.8 Å². The molecule has 1 aromatic carbocycles. The van der Waals surface area contributed by atoms with Crippen molar-refractivity contribution in [2.45, 2.75) is 13.3 Å². The molecule has 0 aliphatic carbocycles. The molecule has 1 N–H and O–H groups in total. The summed E-state index contributed by atoms with van der Waals surface area (Å²) in [5.74, 6) is 0.794. The normalized spacial score (nSPS) is 17.9. The maximum absolute atomic E-state index is 12.4. The van der Waals surface area contributed by atoms with Gasteiger partial charge >= 0.3 is 0 Å². The summed E-state index contributed by atoms with van der Waals surface area (Å²) >= 11 is 0. The van der Waals surface area contributed by atoms with Gasteiger partial charge in [-0.15, -0.1) is 0 Å². The zero-order valence-electron chi connectivity index (χ0n) is 12.0. The van der Waals surface area contributed by atoms with Crippen LogP contribution in [0.2, 0.25) is 0 Å². The summed E-state index contributed by atoms with van der Waals surface area (Å²) in [6.07, 6.45) is 0.994. The summed E-state index contributed by atoms with van der Waals surface area (Å²) in [6.45, 7) is 3.88. The fraction of sp³-hybridized carbons (Fsp3) is 0.375. The summed E-state index contributed by atoms with van der Waals surface area (Å²) in [5.41, 5.74) is 1.98. The molecule has 0 unspecified atom stereocenters. The molecule has 0 bridgehead atoms. The molecule has 1 saturated heterocycles. The fourth-order valence-corrected chi connectivity index (χ4v) is 2.50. The maximum atomic E-state index is 12.4. The monoisotopic (exact) mass is 286 g/mol. The van der Waals surface area contributed by atoms with Crippen LogP contribution in [0.4, 0.5) is 0 Å². The van der Waals surface area contributed by atoms with Crippen molar-refractivity contribution in [2.24, 2.45) is 5.92 Å². The van der Waals surface area contributed by atoms with E-state index in [0.717, 1.165) is 18.6 Å². The van der Waals surface area contributed by atoms with Crippen LogP contribution >= 0.6 is 0 Å². The standard InChI is InChI=1S/C16H18N2O3/c1-11-14(16(19)17-9-12-7-8-20-10-12)15(18-21-11)13-5-3-2-4-6-13/h2-6,12H,7-10H2,1H3,(H,17,19)/t12-/m0/s1. The number of amides is 1. The first-order valence-electron chi connectivity index (χ1n) is 7.13. The van der Waals surface area contributed by atoms with E-state index in [4.69, 9.17) is 9.26 Å². The SMILES string of the molecule is Cc1onc(-c2ccccc2)c1C(=O)NC[C@@H]1CCOC1. The summed E-state index contributed by atoms with van der Waals surface area (Å²) < 4.78 is 10.5. The van der Waals surface area contributed by atoms with E-state index in [1.54, 1.807) is 6.92 Å². The van der Waals surface area contributed by atoms with Crippen molar-refractivity contribution in [1.82, 2.24) is 10.5 Å². The highest BCUT2D eigenvalue weighted by Crippen LogP contribution is 2.25. The van der Waals surface area contributed by atoms with Crippen molar-refractivity contribution in [2.75, 3.05) is 19.8 Å². The lowest BCUT2D eigenvalue weighted by atomic mass is 10.1. The molecule has 110 valence electrons. The Morgan fingerprint density at radius 2 is 2.19 bits per heavy atom. The van der Waals surface area contributed by atoms with E-state index in [1.165, 1.54) is 0 Å². The van der Waals surface area contributed by atoms with Crippen molar-refractivity contribution < 1.29 is 14.1 Å². The summed E-state index contributed by atoms with van der Waals surface area (Å²) in [7, 11) is 0. The smallest absolute Gasteiger partial charge is 0.257 e. The predicted molar refractivity (Wildman–Crippen MR) is 77.9 cm³/mol. The number of ether oxygens (including phenoxy) is 1. The number of rotatable bonds is 4. The molecule has 21 heavy (non-hydrogen) atoms. The van der Waals surface area contributed by atoms with Crippen molar-refractivity contribution in [3.63, 3.8) is 0 Å². The molecule has 2 heterocycles. The van der Waals surface area contributed by atoms with Crippen molar-refractivity contribution in [1.29, 1.82) is 0 Å². The molecular weight excluding hydrogens is 268 g/mol. The number of nitrogens with one attached hydrogen (secondary N) is 1. The number of aromatic nitrogens is 1. The van der Waals surface area contributed by atoms with Crippen LogP contribution in [0.25, 0.3) is 11.3 Å². The van der Waals surface area contributed by atoms with E-state index in [0.29, 0.717) is 36.1 Å². The van der Waals surface area contributed by atoms with Gasteiger partial charge < -0.3 is 14.6 Å². The Balaban J connectivity index is 1.78. The largest absolute Gasteiger partial charge is 0.381 e. The topological polar surface area (TPSA) is 64.4 Å². The zero-order valence-corrected chi connectivity index (χ0v) is 12.0. The van der Waals surface area contributed by atoms with Crippen molar-refractivity contribution >= 4 is 5.91 Å². The fourth-order valence-electron chi connectivity index (χ4n) is 2.50. The van der Waals surface area contributed by atoms with Crippen LogP contribution < -0.4 is 5.32 Å². The van der Waals surface area contributed by atoms with Gasteiger partial charge in [-0.3, -0.25) is 4.79 Å². The lowest BCUT2D eigenvalue weighted by molar-refractivity contribution is 0.0944. The highest BCUT2D eigenvalue weighted by molar-refractivity contribution is 6.00. The average Bonchev–Trinajstić information content (AvgIpc) is 3.15. The first kappa shape index (κ1) is 13.8. The molecule has 0 spiro atoms. The first-order chi connectivity index (χ1) is 10.3. The van der Waals surface area contributed by atoms with Crippen LogP contribution in [0, 0.1) is 12.8 Å². The van der Waals surface area contributed by atoms with E-state index in [1.807, 2.05) is 30.3 Å². The molecule has 3 rings (SSSR count). The Morgan fingerprint density at radius 1 is 1.38 bits per heavy atom. The quantitative estimate of drug-likeness (QED) is 0.937. The minimum atomic E-state index is -0.139. The zero-order chi connectivity index (χ0) is 14.7. The van der Waals surface area contributed by atoms with Gasteiger partial charge in [0.15, 0.2) is 0 Å². The van der Waals surface area contributed by atoms with Gasteiger partial charge in [0.2, 0.25) is 0 Å². The van der Waals surface area contributed by atoms with Crippen molar-refractivity contribution in [3.8, 4) is 11.3 Å². The van der Waals surface area contributed by atoms with Crippen LogP contribution in [0.3, 0.4) is 0 Å². The summed E-state index contributed by atoms with van der Waals surface area (Å²) in [4.78, 5) is 12.4. The molecule has 5 heteroatoms. The third kappa shape index (κ3) is 2.97. The van der Waals surface area contributed by atoms with E-state index < -0.39 is 0 Å². The Hall–Kier alpha value is -2.14. The Morgan fingerprint density at radius 3 is 2.90 bits per heavy atom. The van der Waals surface area contributed by atoms with E-state index in [9.17, 15) is 4.79 Å². The number of hydrogen-bond donors (Lipinski definition) is 1. The maximum Gasteiger partial charge on any atom is 0.257 e. The third-order valence-corrected chi connectivity index (χ3v) is 3.71. The molecule has 1 fully saturated rings. The molecule has 1 aliphatic rings. The highest BCUT2D eigenvalue weighted by atomic mass is 16.5. The molecule has 0 radical (unpaired) electrons. The summed E-state index contributed by atoms with van der Waals surface area (Å²) in [6, 6.07) is 9.59. The van der Waals surface area contributed by atoms with Crippen LogP contribution in [0.15, 0.2) is 34.9 Å². The van der Waals surface area contributed by atoms with Gasteiger partial charge in [0.25, 0.3) is 5.91 Å². The van der Waals surface area contributed by atoms with Crippen LogP contribution in [0.1, 0.15) is 22.5 Å². The Bertz CT molecular complexity index is 616. The van der Waals surface area contributed by atoms with E-state index in [-0.39, 0.29) is 5.91 Å². The predicted octanol–water partition coefficient (Wildman–Crippen LogP) is 2.42. The second-order valence-electron chi connectivity index (χ2n) is 5.27. The second kappa shape index (κ2) is 6.10. The van der Waals surface area contributed by atoms with Crippen LogP contribution in [0.5, 0.6) is 0 Å². The number of aryl methyl sites for hydroxylation is 1. The number of carbonyl (C=O) groups is 1. The highest BCUT2D eigenvalue weighted by Gasteiger charge is 2.23.